The van der Waals surface area contributed by atoms with Crippen LogP contribution in [0.4, 0.5) is 0 Å². The van der Waals surface area contributed by atoms with Crippen LogP contribution in [0.1, 0.15) is 54.3 Å². The number of likely N-dealkylation sites (tertiary alicyclic amines) is 1. The normalized spacial score (nSPS) is 17.1. The van der Waals surface area contributed by atoms with Crippen LogP contribution >= 0.6 is 15.9 Å². The van der Waals surface area contributed by atoms with E-state index < -0.39 is 6.04 Å². The summed E-state index contributed by atoms with van der Waals surface area (Å²) in [4.78, 5) is 54.2. The van der Waals surface area contributed by atoms with E-state index in [9.17, 15) is 14.4 Å². The molecule has 39 heavy (non-hydrogen) atoms. The summed E-state index contributed by atoms with van der Waals surface area (Å²) < 4.78 is 2.24. The fourth-order valence-corrected chi connectivity index (χ4v) is 5.56. The lowest BCUT2D eigenvalue weighted by atomic mass is 10.0. The van der Waals surface area contributed by atoms with Crippen molar-refractivity contribution in [3.8, 4) is 11.1 Å². The number of amides is 1. The van der Waals surface area contributed by atoms with Crippen LogP contribution in [0, 0.1) is 13.8 Å². The van der Waals surface area contributed by atoms with Crippen LogP contribution < -0.4 is 0 Å². The smallest absolute Gasteiger partial charge is 0.245 e. The number of hydrogen-bond donors (Lipinski definition) is 0. The van der Waals surface area contributed by atoms with Crippen molar-refractivity contribution >= 4 is 44.3 Å². The second kappa shape index (κ2) is 10.8. The number of aromatic nitrogens is 5. The molecule has 1 aliphatic rings. The first kappa shape index (κ1) is 26.8. The standard InChI is InChI=1S/C29H29BrN6O3/c1-16-5-10-27(30)33-23(16)12-26(38)25-8-6-17(2)36(25)28(39)15-35-24-9-7-20(21-13-31-19(4)32-14-21)11-22(24)29(34-35)18(3)37/h5,7,9-11,13-14,17,25H,6,8,12,15H2,1-4H3/t17-,25-/m0/s1. The van der Waals surface area contributed by atoms with E-state index in [1.54, 1.807) is 22.0 Å². The Bertz CT molecular complexity index is 1600. The maximum Gasteiger partial charge on any atom is 0.245 e. The summed E-state index contributed by atoms with van der Waals surface area (Å²) in [5.74, 6) is 0.253. The lowest BCUT2D eigenvalue weighted by Crippen LogP contribution is -2.46. The maximum atomic E-state index is 13.6. The second-order valence-corrected chi connectivity index (χ2v) is 10.9. The largest absolute Gasteiger partial charge is 0.328 e. The summed E-state index contributed by atoms with van der Waals surface area (Å²) in [7, 11) is 0. The van der Waals surface area contributed by atoms with E-state index in [0.717, 1.165) is 23.1 Å². The maximum absolute atomic E-state index is 13.6. The number of carbonyl (C=O) groups excluding carboxylic acids is 3. The molecule has 2 atom stereocenters. The van der Waals surface area contributed by atoms with Gasteiger partial charge in [-0.2, -0.15) is 5.10 Å². The average molecular weight is 589 g/mol. The van der Waals surface area contributed by atoms with Gasteiger partial charge in [0.05, 0.1) is 23.7 Å². The highest BCUT2D eigenvalue weighted by molar-refractivity contribution is 9.10. The van der Waals surface area contributed by atoms with Gasteiger partial charge in [0.2, 0.25) is 5.91 Å². The van der Waals surface area contributed by atoms with Crippen molar-refractivity contribution in [2.45, 2.75) is 65.6 Å². The van der Waals surface area contributed by atoms with E-state index in [1.165, 1.54) is 6.92 Å². The van der Waals surface area contributed by atoms with Gasteiger partial charge in [-0.05, 0) is 78.9 Å². The van der Waals surface area contributed by atoms with Gasteiger partial charge < -0.3 is 4.90 Å². The molecule has 1 aliphatic heterocycles. The number of fused-ring (bicyclic) bond motifs is 1. The van der Waals surface area contributed by atoms with Gasteiger partial charge >= 0.3 is 0 Å². The molecule has 4 heterocycles. The number of Topliss-reactive ketones (excluding diaryl/α,β-unsaturated/α-hetero) is 2. The van der Waals surface area contributed by atoms with Gasteiger partial charge in [-0.3, -0.25) is 19.1 Å². The molecular formula is C29H29BrN6O3. The third kappa shape index (κ3) is 5.38. The molecule has 10 heteroatoms. The minimum Gasteiger partial charge on any atom is -0.328 e. The van der Waals surface area contributed by atoms with E-state index in [4.69, 9.17) is 0 Å². The molecule has 5 rings (SSSR count). The number of pyridine rings is 1. The van der Waals surface area contributed by atoms with Crippen LogP contribution in [-0.2, 0) is 22.6 Å². The summed E-state index contributed by atoms with van der Waals surface area (Å²) in [6, 6.07) is 8.81. The average Bonchev–Trinajstić information content (AvgIpc) is 3.47. The van der Waals surface area contributed by atoms with Gasteiger partial charge in [0, 0.05) is 36.3 Å². The van der Waals surface area contributed by atoms with E-state index >= 15 is 0 Å². The minimum absolute atomic E-state index is 0.0268. The zero-order chi connectivity index (χ0) is 27.8. The summed E-state index contributed by atoms with van der Waals surface area (Å²) in [6.07, 6.45) is 4.99. The molecule has 1 aromatic carbocycles. The number of aryl methyl sites for hydroxylation is 2. The molecule has 0 saturated carbocycles. The summed E-state index contributed by atoms with van der Waals surface area (Å²) in [5, 5.41) is 5.18. The number of rotatable bonds is 7. The van der Waals surface area contributed by atoms with Crippen LogP contribution in [0.25, 0.3) is 22.0 Å². The Kier molecular flexibility index (Phi) is 7.40. The van der Waals surface area contributed by atoms with Gasteiger partial charge in [-0.1, -0.05) is 12.1 Å². The molecule has 0 unspecified atom stereocenters. The third-order valence-corrected chi connectivity index (χ3v) is 7.76. The van der Waals surface area contributed by atoms with E-state index in [2.05, 4.69) is 36.0 Å². The van der Waals surface area contributed by atoms with Gasteiger partial charge in [0.1, 0.15) is 22.7 Å². The summed E-state index contributed by atoms with van der Waals surface area (Å²) >= 11 is 3.38. The lowest BCUT2D eigenvalue weighted by Gasteiger charge is -2.28. The molecule has 0 aliphatic carbocycles. The first-order valence-corrected chi connectivity index (χ1v) is 13.7. The Hall–Kier alpha value is -3.79. The molecule has 0 N–H and O–H groups in total. The van der Waals surface area contributed by atoms with Crippen molar-refractivity contribution in [3.63, 3.8) is 0 Å². The number of hydrogen-bond acceptors (Lipinski definition) is 7. The van der Waals surface area contributed by atoms with Crippen molar-refractivity contribution < 1.29 is 14.4 Å². The number of nitrogens with zero attached hydrogens (tertiary/aromatic N) is 6. The fraction of sp³-hybridized carbons (Fsp3) is 0.345. The number of halogens is 1. The molecule has 0 bridgehead atoms. The van der Waals surface area contributed by atoms with E-state index in [1.807, 2.05) is 51.1 Å². The number of ketones is 2. The molecule has 1 amide bonds. The monoisotopic (exact) mass is 588 g/mol. The molecule has 0 radical (unpaired) electrons. The molecule has 3 aromatic heterocycles. The van der Waals surface area contributed by atoms with Gasteiger partial charge in [-0.25, -0.2) is 15.0 Å². The van der Waals surface area contributed by atoms with Crippen LogP contribution in [0.15, 0.2) is 47.3 Å². The van der Waals surface area contributed by atoms with Gasteiger partial charge in [0.25, 0.3) is 0 Å². The van der Waals surface area contributed by atoms with E-state index in [0.29, 0.717) is 39.1 Å². The molecule has 4 aromatic rings. The zero-order valence-electron chi connectivity index (χ0n) is 22.3. The number of benzene rings is 1. The Morgan fingerprint density at radius 3 is 2.49 bits per heavy atom. The Morgan fingerprint density at radius 1 is 1.03 bits per heavy atom. The van der Waals surface area contributed by atoms with Crippen molar-refractivity contribution in [2.75, 3.05) is 0 Å². The van der Waals surface area contributed by atoms with Crippen LogP contribution in [0.2, 0.25) is 0 Å². The van der Waals surface area contributed by atoms with Crippen LogP contribution in [0.3, 0.4) is 0 Å². The highest BCUT2D eigenvalue weighted by Gasteiger charge is 2.39. The zero-order valence-corrected chi connectivity index (χ0v) is 23.9. The highest BCUT2D eigenvalue weighted by Crippen LogP contribution is 2.29. The quantitative estimate of drug-likeness (QED) is 0.228. The summed E-state index contributed by atoms with van der Waals surface area (Å²) in [6.45, 7) is 7.10. The first-order chi connectivity index (χ1) is 18.6. The SMILES string of the molecule is CC(=O)c1nn(CC(=O)N2[C@@H](C)CC[C@H]2C(=O)Cc2nc(Br)ccc2C)c2ccc(-c3cnc(C)nc3)cc12. The second-order valence-electron chi connectivity index (χ2n) is 10.1. The predicted molar refractivity (Wildman–Crippen MR) is 150 cm³/mol. The first-order valence-electron chi connectivity index (χ1n) is 12.9. The van der Waals surface area contributed by atoms with Crippen molar-refractivity contribution in [1.82, 2.24) is 29.6 Å². The minimum atomic E-state index is -0.519. The van der Waals surface area contributed by atoms with Crippen LogP contribution in [0.5, 0.6) is 0 Å². The predicted octanol–water partition coefficient (Wildman–Crippen LogP) is 4.66. The van der Waals surface area contributed by atoms with Crippen molar-refractivity contribution in [1.29, 1.82) is 0 Å². The molecule has 9 nitrogen and oxygen atoms in total. The fourth-order valence-electron chi connectivity index (χ4n) is 5.22. The molecule has 0 spiro atoms. The topological polar surface area (TPSA) is 111 Å². The molecule has 1 fully saturated rings. The Balaban J connectivity index is 1.42. The van der Waals surface area contributed by atoms with Gasteiger partial charge in [0.15, 0.2) is 11.6 Å². The van der Waals surface area contributed by atoms with E-state index in [-0.39, 0.29) is 36.5 Å². The number of carbonyl (C=O) groups is 3. The lowest BCUT2D eigenvalue weighted by molar-refractivity contribution is -0.139. The van der Waals surface area contributed by atoms with Crippen molar-refractivity contribution in [3.05, 3.63) is 70.1 Å². The molecular weight excluding hydrogens is 560 g/mol. The Labute approximate surface area is 234 Å². The highest BCUT2D eigenvalue weighted by atomic mass is 79.9. The Morgan fingerprint density at radius 2 is 1.77 bits per heavy atom. The molecule has 200 valence electrons. The summed E-state index contributed by atoms with van der Waals surface area (Å²) in [5.41, 5.74) is 4.29. The van der Waals surface area contributed by atoms with Crippen LogP contribution in [-0.4, -0.2) is 59.2 Å². The van der Waals surface area contributed by atoms with Crippen molar-refractivity contribution in [2.24, 2.45) is 0 Å². The molecule has 1 saturated heterocycles. The van der Waals surface area contributed by atoms with Gasteiger partial charge in [-0.15, -0.1) is 0 Å². The third-order valence-electron chi connectivity index (χ3n) is 7.32.